The van der Waals surface area contributed by atoms with Crippen LogP contribution in [-0.2, 0) is 13.6 Å². The molecule has 1 aliphatic heterocycles. The van der Waals surface area contributed by atoms with Gasteiger partial charge >= 0.3 is 0 Å². The van der Waals surface area contributed by atoms with Crippen LogP contribution in [0.4, 0.5) is 0 Å². The van der Waals surface area contributed by atoms with Crippen molar-refractivity contribution in [1.29, 1.82) is 0 Å². The molecule has 1 aliphatic rings. The van der Waals surface area contributed by atoms with Gasteiger partial charge in [0.2, 0.25) is 0 Å². The largest absolute Gasteiger partial charge is 0.453 e. The normalized spacial score (nSPS) is 18.1. The van der Waals surface area contributed by atoms with E-state index in [2.05, 4.69) is 15.1 Å². The van der Waals surface area contributed by atoms with Crippen LogP contribution in [0.3, 0.4) is 0 Å². The molecular weight excluding hydrogens is 380 g/mol. The lowest BCUT2D eigenvalue weighted by molar-refractivity contribution is 0.0804. The van der Waals surface area contributed by atoms with Crippen molar-refractivity contribution in [3.8, 4) is 0 Å². The van der Waals surface area contributed by atoms with Crippen molar-refractivity contribution in [2.75, 3.05) is 13.1 Å². The van der Waals surface area contributed by atoms with Gasteiger partial charge in [-0.15, -0.1) is 21.5 Å². The third-order valence-electron chi connectivity index (χ3n) is 4.84. The number of hydrogen-bond acceptors (Lipinski definition) is 7. The molecule has 4 heterocycles. The van der Waals surface area contributed by atoms with E-state index < -0.39 is 0 Å². The summed E-state index contributed by atoms with van der Waals surface area (Å²) in [6, 6.07) is 6.00. The minimum absolute atomic E-state index is 0.0820. The van der Waals surface area contributed by atoms with E-state index in [-0.39, 0.29) is 5.92 Å². The van der Waals surface area contributed by atoms with Crippen LogP contribution >= 0.6 is 23.1 Å². The first-order valence-corrected chi connectivity index (χ1v) is 10.7. The van der Waals surface area contributed by atoms with E-state index in [1.54, 1.807) is 17.7 Å². The van der Waals surface area contributed by atoms with Crippen LogP contribution in [0.15, 0.2) is 44.6 Å². The van der Waals surface area contributed by atoms with Crippen LogP contribution in [0.1, 0.15) is 33.8 Å². The number of Topliss-reactive ketones (excluding diaryl/α,β-unsaturated/α-hetero) is 1. The van der Waals surface area contributed by atoms with E-state index in [1.165, 1.54) is 11.8 Å². The molecule has 6 nitrogen and oxygen atoms in total. The fraction of sp³-hybridized carbons (Fsp3) is 0.421. The van der Waals surface area contributed by atoms with Gasteiger partial charge in [-0.1, -0.05) is 0 Å². The predicted molar refractivity (Wildman–Crippen MR) is 105 cm³/mol. The molecule has 0 radical (unpaired) electrons. The Morgan fingerprint density at radius 2 is 2.30 bits per heavy atom. The Labute approximate surface area is 166 Å². The summed E-state index contributed by atoms with van der Waals surface area (Å²) in [7, 11) is 1.91. The molecule has 0 saturated carbocycles. The third-order valence-corrected chi connectivity index (χ3v) is 6.84. The van der Waals surface area contributed by atoms with Gasteiger partial charge in [-0.05, 0) is 67.2 Å². The van der Waals surface area contributed by atoms with Crippen molar-refractivity contribution in [3.63, 3.8) is 0 Å². The minimum Gasteiger partial charge on any atom is -0.453 e. The van der Waals surface area contributed by atoms with Gasteiger partial charge < -0.3 is 8.98 Å². The predicted octanol–water partition coefficient (Wildman–Crippen LogP) is 4.02. The first-order chi connectivity index (χ1) is 13.1. The molecule has 3 aromatic rings. The van der Waals surface area contributed by atoms with E-state index in [4.69, 9.17) is 4.42 Å². The Hall–Kier alpha value is -1.90. The molecular formula is C19H22N4O2S2. The average molecular weight is 403 g/mol. The van der Waals surface area contributed by atoms with Crippen molar-refractivity contribution >= 4 is 28.9 Å². The molecule has 0 aliphatic carbocycles. The zero-order chi connectivity index (χ0) is 18.8. The molecule has 4 rings (SSSR count). The maximum absolute atomic E-state index is 12.8. The van der Waals surface area contributed by atoms with Crippen LogP contribution in [0, 0.1) is 12.8 Å². The lowest BCUT2D eigenvalue weighted by Crippen LogP contribution is -2.38. The molecule has 0 unspecified atom stereocenters. The van der Waals surface area contributed by atoms with E-state index in [0.717, 1.165) is 58.9 Å². The number of furan rings is 1. The summed E-state index contributed by atoms with van der Waals surface area (Å²) >= 11 is 3.02. The van der Waals surface area contributed by atoms with Crippen molar-refractivity contribution in [1.82, 2.24) is 19.7 Å². The van der Waals surface area contributed by atoms with Crippen molar-refractivity contribution in [3.05, 3.63) is 46.1 Å². The molecule has 0 bridgehead atoms. The quantitative estimate of drug-likeness (QED) is 0.580. The number of carbonyl (C=O) groups is 1. The van der Waals surface area contributed by atoms with Gasteiger partial charge in [0.05, 0.1) is 11.4 Å². The standard InChI is InChI=1S/C19H22N4O2S2/c1-13-7-9-26-18(13)17(24)14-4-3-8-23(10-14)11-15-5-6-16(25-15)27-19-21-20-12-22(19)2/h5-7,9,12,14H,3-4,8,10-11H2,1-2H3/t14-/m1/s1. The Morgan fingerprint density at radius 1 is 1.41 bits per heavy atom. The van der Waals surface area contributed by atoms with E-state index in [9.17, 15) is 4.79 Å². The highest BCUT2D eigenvalue weighted by molar-refractivity contribution is 7.99. The number of likely N-dealkylation sites (tertiary alicyclic amines) is 1. The number of nitrogens with zero attached hydrogens (tertiary/aromatic N) is 4. The molecule has 142 valence electrons. The van der Waals surface area contributed by atoms with Crippen molar-refractivity contribution in [2.45, 2.75) is 36.6 Å². The number of rotatable bonds is 6. The summed E-state index contributed by atoms with van der Waals surface area (Å²) in [6.07, 6.45) is 3.69. The summed E-state index contributed by atoms with van der Waals surface area (Å²) in [5.74, 6) is 1.30. The second-order valence-corrected chi connectivity index (χ2v) is 8.81. The molecule has 0 spiro atoms. The first kappa shape index (κ1) is 18.5. The number of aryl methyl sites for hydroxylation is 2. The summed E-state index contributed by atoms with van der Waals surface area (Å²) < 4.78 is 7.82. The van der Waals surface area contributed by atoms with E-state index in [0.29, 0.717) is 5.78 Å². The van der Waals surface area contributed by atoms with Crippen LogP contribution < -0.4 is 0 Å². The second-order valence-electron chi connectivity index (χ2n) is 6.92. The van der Waals surface area contributed by atoms with Crippen LogP contribution in [0.25, 0.3) is 0 Å². The van der Waals surface area contributed by atoms with E-state index in [1.807, 2.05) is 42.1 Å². The maximum Gasteiger partial charge on any atom is 0.198 e. The number of ketones is 1. The molecule has 0 aromatic carbocycles. The summed E-state index contributed by atoms with van der Waals surface area (Å²) in [5, 5.41) is 11.6. The third kappa shape index (κ3) is 4.17. The van der Waals surface area contributed by atoms with Crippen LogP contribution in [0.2, 0.25) is 0 Å². The van der Waals surface area contributed by atoms with Gasteiger partial charge in [0.1, 0.15) is 12.1 Å². The maximum atomic E-state index is 12.8. The van der Waals surface area contributed by atoms with Gasteiger partial charge in [0.15, 0.2) is 16.0 Å². The Bertz CT molecular complexity index is 930. The lowest BCUT2D eigenvalue weighted by Gasteiger charge is -2.31. The van der Waals surface area contributed by atoms with Crippen LogP contribution in [-0.4, -0.2) is 38.5 Å². The van der Waals surface area contributed by atoms with E-state index >= 15 is 0 Å². The molecule has 3 aromatic heterocycles. The average Bonchev–Trinajstić information content (AvgIpc) is 3.38. The molecule has 0 amide bonds. The smallest absolute Gasteiger partial charge is 0.198 e. The number of hydrogen-bond donors (Lipinski definition) is 0. The molecule has 27 heavy (non-hydrogen) atoms. The fourth-order valence-electron chi connectivity index (χ4n) is 3.40. The summed E-state index contributed by atoms with van der Waals surface area (Å²) in [5.41, 5.74) is 1.10. The highest BCUT2D eigenvalue weighted by Gasteiger charge is 2.28. The first-order valence-electron chi connectivity index (χ1n) is 9.01. The number of thiophene rings is 1. The SMILES string of the molecule is Cc1ccsc1C(=O)[C@@H]1CCCN(Cc2ccc(Sc3nncn3C)o2)C1. The van der Waals surface area contributed by atoms with Crippen LogP contribution in [0.5, 0.6) is 0 Å². The summed E-state index contributed by atoms with van der Waals surface area (Å²) in [4.78, 5) is 16.1. The molecule has 1 saturated heterocycles. The zero-order valence-corrected chi connectivity index (χ0v) is 17.1. The number of carbonyl (C=O) groups excluding carboxylic acids is 1. The topological polar surface area (TPSA) is 64.2 Å². The molecule has 1 fully saturated rings. The van der Waals surface area contributed by atoms with Gasteiger partial charge in [-0.3, -0.25) is 9.69 Å². The highest BCUT2D eigenvalue weighted by Crippen LogP contribution is 2.29. The van der Waals surface area contributed by atoms with Gasteiger partial charge in [-0.2, -0.15) is 0 Å². The summed E-state index contributed by atoms with van der Waals surface area (Å²) in [6.45, 7) is 4.54. The Kier molecular flexibility index (Phi) is 5.47. The second kappa shape index (κ2) is 8.00. The Morgan fingerprint density at radius 3 is 3.04 bits per heavy atom. The zero-order valence-electron chi connectivity index (χ0n) is 15.4. The van der Waals surface area contributed by atoms with Crippen molar-refractivity contribution < 1.29 is 9.21 Å². The molecule has 0 N–H and O–H groups in total. The highest BCUT2D eigenvalue weighted by atomic mass is 32.2. The Balaban J connectivity index is 1.37. The molecule has 1 atom stereocenters. The van der Waals surface area contributed by atoms with Gasteiger partial charge in [-0.25, -0.2) is 0 Å². The number of aromatic nitrogens is 3. The monoisotopic (exact) mass is 402 g/mol. The lowest BCUT2D eigenvalue weighted by atomic mass is 9.92. The number of piperidine rings is 1. The van der Waals surface area contributed by atoms with Gasteiger partial charge in [0, 0.05) is 19.5 Å². The fourth-order valence-corrected chi connectivity index (χ4v) is 5.09. The minimum atomic E-state index is 0.0820. The van der Waals surface area contributed by atoms with Gasteiger partial charge in [0.25, 0.3) is 0 Å². The molecule has 8 heteroatoms. The van der Waals surface area contributed by atoms with Crippen molar-refractivity contribution in [2.24, 2.45) is 13.0 Å².